The number of anilines is 1. The highest BCUT2D eigenvalue weighted by Gasteiger charge is 2.07. The van der Waals surface area contributed by atoms with Gasteiger partial charge in [0.05, 0.1) is 0 Å². The summed E-state index contributed by atoms with van der Waals surface area (Å²) in [6.07, 6.45) is 2.00. The largest absolute Gasteiger partial charge is 0.352 e. The Morgan fingerprint density at radius 3 is 2.65 bits per heavy atom. The minimum Gasteiger partial charge on any atom is -0.352 e. The molecule has 0 unspecified atom stereocenters. The third kappa shape index (κ3) is 5.73. The molecule has 1 aromatic carbocycles. The maximum atomic E-state index is 11.9. The molecule has 0 bridgehead atoms. The SMILES string of the molecule is CCCCNC(=O)c1cccc(NC(=O)NC(C)C)c1. The molecule has 0 fully saturated rings. The predicted octanol–water partition coefficient (Wildman–Crippen LogP) is 2.75. The van der Waals surface area contributed by atoms with Crippen LogP contribution in [0.4, 0.5) is 10.5 Å². The summed E-state index contributed by atoms with van der Waals surface area (Å²) < 4.78 is 0. The van der Waals surface area contributed by atoms with Gasteiger partial charge >= 0.3 is 6.03 Å². The molecule has 3 N–H and O–H groups in total. The van der Waals surface area contributed by atoms with Crippen molar-refractivity contribution in [3.63, 3.8) is 0 Å². The van der Waals surface area contributed by atoms with Crippen molar-refractivity contribution < 1.29 is 9.59 Å². The van der Waals surface area contributed by atoms with Crippen LogP contribution in [0.3, 0.4) is 0 Å². The Morgan fingerprint density at radius 2 is 2.00 bits per heavy atom. The number of urea groups is 1. The molecule has 0 heterocycles. The molecule has 0 saturated heterocycles. The van der Waals surface area contributed by atoms with Crippen LogP contribution >= 0.6 is 0 Å². The normalized spacial score (nSPS) is 10.2. The van der Waals surface area contributed by atoms with E-state index in [-0.39, 0.29) is 18.0 Å². The first-order chi connectivity index (χ1) is 9.52. The summed E-state index contributed by atoms with van der Waals surface area (Å²) in [5.41, 5.74) is 1.15. The second-order valence-electron chi connectivity index (χ2n) is 4.94. The first-order valence-corrected chi connectivity index (χ1v) is 6.98. The van der Waals surface area contributed by atoms with Crippen molar-refractivity contribution in [3.05, 3.63) is 29.8 Å². The van der Waals surface area contributed by atoms with E-state index in [1.165, 1.54) is 0 Å². The Bertz CT molecular complexity index is 458. The van der Waals surface area contributed by atoms with Gasteiger partial charge < -0.3 is 16.0 Å². The lowest BCUT2D eigenvalue weighted by Crippen LogP contribution is -2.34. The molecule has 110 valence electrons. The molecule has 5 nitrogen and oxygen atoms in total. The molecular weight excluding hydrogens is 254 g/mol. The highest BCUT2D eigenvalue weighted by atomic mass is 16.2. The van der Waals surface area contributed by atoms with Gasteiger partial charge in [-0.05, 0) is 38.5 Å². The number of amides is 3. The molecule has 0 spiro atoms. The van der Waals surface area contributed by atoms with Crippen molar-refractivity contribution in [2.75, 3.05) is 11.9 Å². The lowest BCUT2D eigenvalue weighted by molar-refractivity contribution is 0.0953. The zero-order chi connectivity index (χ0) is 15.0. The Kier molecular flexibility index (Phi) is 6.56. The fraction of sp³-hybridized carbons (Fsp3) is 0.467. The summed E-state index contributed by atoms with van der Waals surface area (Å²) in [5.74, 6) is -0.119. The van der Waals surface area contributed by atoms with Gasteiger partial charge in [0, 0.05) is 23.8 Å². The molecule has 20 heavy (non-hydrogen) atoms. The van der Waals surface area contributed by atoms with Crippen molar-refractivity contribution in [2.24, 2.45) is 0 Å². The second-order valence-corrected chi connectivity index (χ2v) is 4.94. The van der Waals surface area contributed by atoms with E-state index in [2.05, 4.69) is 22.9 Å². The first kappa shape index (κ1) is 16.0. The maximum Gasteiger partial charge on any atom is 0.319 e. The minimum absolute atomic E-state index is 0.0653. The third-order valence-corrected chi connectivity index (χ3v) is 2.62. The standard InChI is InChI=1S/C15H23N3O2/c1-4-5-9-16-14(19)12-7-6-8-13(10-12)18-15(20)17-11(2)3/h6-8,10-11H,4-5,9H2,1-3H3,(H,16,19)(H2,17,18,20). The van der Waals surface area contributed by atoms with E-state index in [4.69, 9.17) is 0 Å². The fourth-order valence-electron chi connectivity index (χ4n) is 1.65. The molecule has 0 radical (unpaired) electrons. The zero-order valence-corrected chi connectivity index (χ0v) is 12.3. The van der Waals surface area contributed by atoms with Crippen molar-refractivity contribution in [3.8, 4) is 0 Å². The monoisotopic (exact) mass is 277 g/mol. The first-order valence-electron chi connectivity index (χ1n) is 6.98. The molecule has 5 heteroatoms. The smallest absolute Gasteiger partial charge is 0.319 e. The Hall–Kier alpha value is -2.04. The second kappa shape index (κ2) is 8.19. The van der Waals surface area contributed by atoms with Gasteiger partial charge in [0.25, 0.3) is 5.91 Å². The number of carbonyl (C=O) groups is 2. The van der Waals surface area contributed by atoms with Crippen LogP contribution < -0.4 is 16.0 Å². The summed E-state index contributed by atoms with van der Waals surface area (Å²) >= 11 is 0. The van der Waals surface area contributed by atoms with Crippen LogP contribution in [-0.4, -0.2) is 24.5 Å². The van der Waals surface area contributed by atoms with Crippen molar-refractivity contribution in [1.82, 2.24) is 10.6 Å². The lowest BCUT2D eigenvalue weighted by atomic mass is 10.2. The van der Waals surface area contributed by atoms with Crippen molar-refractivity contribution in [1.29, 1.82) is 0 Å². The van der Waals surface area contributed by atoms with E-state index in [1.807, 2.05) is 13.8 Å². The summed E-state index contributed by atoms with van der Waals surface area (Å²) in [4.78, 5) is 23.5. The Balaban J connectivity index is 2.61. The van der Waals surface area contributed by atoms with Gasteiger partial charge in [-0.1, -0.05) is 19.4 Å². The number of hydrogen-bond donors (Lipinski definition) is 3. The molecular formula is C15H23N3O2. The van der Waals surface area contributed by atoms with Gasteiger partial charge in [0.1, 0.15) is 0 Å². The van der Waals surface area contributed by atoms with Crippen LogP contribution in [0.15, 0.2) is 24.3 Å². The van der Waals surface area contributed by atoms with E-state index < -0.39 is 0 Å². The molecule has 0 aromatic heterocycles. The quantitative estimate of drug-likeness (QED) is 0.700. The van der Waals surface area contributed by atoms with Crippen LogP contribution in [0.25, 0.3) is 0 Å². The minimum atomic E-state index is -0.274. The maximum absolute atomic E-state index is 11.9. The third-order valence-electron chi connectivity index (χ3n) is 2.62. The van der Waals surface area contributed by atoms with E-state index >= 15 is 0 Å². The highest BCUT2D eigenvalue weighted by molar-refractivity contribution is 5.96. The fourth-order valence-corrected chi connectivity index (χ4v) is 1.65. The Labute approximate surface area is 120 Å². The van der Waals surface area contributed by atoms with E-state index in [1.54, 1.807) is 24.3 Å². The molecule has 0 aliphatic heterocycles. The Morgan fingerprint density at radius 1 is 1.25 bits per heavy atom. The van der Waals surface area contributed by atoms with Crippen LogP contribution in [0.1, 0.15) is 44.0 Å². The van der Waals surface area contributed by atoms with Gasteiger partial charge in [-0.3, -0.25) is 4.79 Å². The summed E-state index contributed by atoms with van der Waals surface area (Å²) in [5, 5.41) is 8.28. The van der Waals surface area contributed by atoms with Crippen molar-refractivity contribution in [2.45, 2.75) is 39.7 Å². The van der Waals surface area contributed by atoms with E-state index in [9.17, 15) is 9.59 Å². The highest BCUT2D eigenvalue weighted by Crippen LogP contribution is 2.10. The lowest BCUT2D eigenvalue weighted by Gasteiger charge is -2.11. The van der Waals surface area contributed by atoms with Gasteiger partial charge in [0.15, 0.2) is 0 Å². The summed E-state index contributed by atoms with van der Waals surface area (Å²) in [6, 6.07) is 6.69. The summed E-state index contributed by atoms with van der Waals surface area (Å²) in [7, 11) is 0. The number of nitrogens with one attached hydrogen (secondary N) is 3. The van der Waals surface area contributed by atoms with E-state index in [0.717, 1.165) is 12.8 Å². The number of carbonyl (C=O) groups excluding carboxylic acids is 2. The molecule has 3 amide bonds. The molecule has 0 atom stereocenters. The predicted molar refractivity (Wildman–Crippen MR) is 81.0 cm³/mol. The van der Waals surface area contributed by atoms with Gasteiger partial charge in [-0.25, -0.2) is 4.79 Å². The molecule has 0 aliphatic carbocycles. The molecule has 0 aliphatic rings. The number of rotatable bonds is 6. The molecule has 1 rings (SSSR count). The van der Waals surface area contributed by atoms with Crippen molar-refractivity contribution >= 4 is 17.6 Å². The van der Waals surface area contributed by atoms with E-state index in [0.29, 0.717) is 17.8 Å². The van der Waals surface area contributed by atoms with Crippen LogP contribution in [0.2, 0.25) is 0 Å². The average molecular weight is 277 g/mol. The number of unbranched alkanes of at least 4 members (excludes halogenated alkanes) is 1. The number of hydrogen-bond acceptors (Lipinski definition) is 2. The number of benzene rings is 1. The van der Waals surface area contributed by atoms with Gasteiger partial charge in [-0.15, -0.1) is 0 Å². The van der Waals surface area contributed by atoms with Crippen LogP contribution in [0, 0.1) is 0 Å². The zero-order valence-electron chi connectivity index (χ0n) is 12.3. The van der Waals surface area contributed by atoms with Gasteiger partial charge in [0.2, 0.25) is 0 Å². The average Bonchev–Trinajstić information content (AvgIpc) is 2.38. The molecule has 0 saturated carbocycles. The van der Waals surface area contributed by atoms with Gasteiger partial charge in [-0.2, -0.15) is 0 Å². The van der Waals surface area contributed by atoms with Crippen LogP contribution in [-0.2, 0) is 0 Å². The topological polar surface area (TPSA) is 70.2 Å². The molecule has 1 aromatic rings. The van der Waals surface area contributed by atoms with Crippen LogP contribution in [0.5, 0.6) is 0 Å². The summed E-state index contributed by atoms with van der Waals surface area (Å²) in [6.45, 7) is 6.51.